The van der Waals surface area contributed by atoms with E-state index >= 15 is 0 Å². The van der Waals surface area contributed by atoms with Crippen molar-refractivity contribution in [3.63, 3.8) is 0 Å². The Morgan fingerprint density at radius 2 is 1.90 bits per heavy atom. The summed E-state index contributed by atoms with van der Waals surface area (Å²) in [5.41, 5.74) is 2.97. The van der Waals surface area contributed by atoms with Crippen molar-refractivity contribution in [2.45, 2.75) is 39.8 Å². The Hall–Kier alpha value is -1.62. The van der Waals surface area contributed by atoms with Crippen LogP contribution in [0.1, 0.15) is 31.9 Å². The van der Waals surface area contributed by atoms with E-state index in [0.717, 1.165) is 5.56 Å². The number of carbonyl (C=O) groups is 1. The van der Waals surface area contributed by atoms with E-state index in [-0.39, 0.29) is 11.2 Å². The standard InChI is InChI=1S/C16H20N2O2S/c1-10-6-7-12(8-11(10)2)14-17-18-15(20-14)21-9-13(19)16(3,4)5/h6-8H,9H2,1-5H3. The molecule has 112 valence electrons. The fourth-order valence-electron chi connectivity index (χ4n) is 1.60. The van der Waals surface area contributed by atoms with E-state index in [0.29, 0.717) is 16.9 Å². The molecule has 0 amide bonds. The van der Waals surface area contributed by atoms with E-state index in [1.807, 2.05) is 45.9 Å². The summed E-state index contributed by atoms with van der Waals surface area (Å²) >= 11 is 1.29. The van der Waals surface area contributed by atoms with Gasteiger partial charge in [0.2, 0.25) is 5.89 Å². The second-order valence-corrected chi connectivity index (χ2v) is 7.06. The number of thioether (sulfide) groups is 1. The van der Waals surface area contributed by atoms with Crippen LogP contribution in [0.5, 0.6) is 0 Å². The molecule has 5 heteroatoms. The van der Waals surface area contributed by atoms with Gasteiger partial charge in [-0.3, -0.25) is 4.79 Å². The molecule has 2 rings (SSSR count). The second kappa shape index (κ2) is 6.02. The van der Waals surface area contributed by atoms with Crippen LogP contribution in [0.2, 0.25) is 0 Å². The third kappa shape index (κ3) is 3.94. The number of nitrogens with zero attached hydrogens (tertiary/aromatic N) is 2. The summed E-state index contributed by atoms with van der Waals surface area (Å²) < 4.78 is 5.62. The number of carbonyl (C=O) groups excluding carboxylic acids is 1. The average molecular weight is 304 g/mol. The fourth-order valence-corrected chi connectivity index (χ4v) is 2.53. The zero-order valence-electron chi connectivity index (χ0n) is 13.1. The number of benzene rings is 1. The van der Waals surface area contributed by atoms with Gasteiger partial charge in [0.25, 0.3) is 5.22 Å². The molecule has 0 N–H and O–H groups in total. The summed E-state index contributed by atoms with van der Waals surface area (Å²) in [6.07, 6.45) is 0. The molecule has 0 saturated heterocycles. The van der Waals surface area contributed by atoms with Crippen molar-refractivity contribution >= 4 is 17.5 Å². The highest BCUT2D eigenvalue weighted by Crippen LogP contribution is 2.26. The molecule has 0 saturated carbocycles. The number of rotatable bonds is 4. The molecule has 1 aromatic heterocycles. The highest BCUT2D eigenvalue weighted by molar-refractivity contribution is 7.99. The van der Waals surface area contributed by atoms with E-state index in [4.69, 9.17) is 4.42 Å². The molecular weight excluding hydrogens is 284 g/mol. The molecule has 1 heterocycles. The van der Waals surface area contributed by atoms with Gasteiger partial charge in [-0.1, -0.05) is 38.6 Å². The third-order valence-electron chi connectivity index (χ3n) is 3.32. The van der Waals surface area contributed by atoms with Crippen LogP contribution < -0.4 is 0 Å². The Morgan fingerprint density at radius 1 is 1.19 bits per heavy atom. The first-order valence-electron chi connectivity index (χ1n) is 6.84. The van der Waals surface area contributed by atoms with Gasteiger partial charge >= 0.3 is 0 Å². The Bertz CT molecular complexity index is 657. The lowest BCUT2D eigenvalue weighted by Gasteiger charge is -2.14. The van der Waals surface area contributed by atoms with E-state index in [1.165, 1.54) is 22.9 Å². The summed E-state index contributed by atoms with van der Waals surface area (Å²) in [6.45, 7) is 9.83. The zero-order valence-corrected chi connectivity index (χ0v) is 13.9. The van der Waals surface area contributed by atoms with E-state index in [2.05, 4.69) is 17.1 Å². The molecule has 0 bridgehead atoms. The first-order chi connectivity index (χ1) is 9.77. The van der Waals surface area contributed by atoms with Gasteiger partial charge in [-0.2, -0.15) is 0 Å². The van der Waals surface area contributed by atoms with Gasteiger partial charge < -0.3 is 4.42 Å². The first-order valence-corrected chi connectivity index (χ1v) is 7.83. The first kappa shape index (κ1) is 15.8. The van der Waals surface area contributed by atoms with Crippen molar-refractivity contribution in [1.82, 2.24) is 10.2 Å². The molecule has 0 aliphatic heterocycles. The molecule has 0 aliphatic rings. The van der Waals surface area contributed by atoms with Crippen LogP contribution in [0.3, 0.4) is 0 Å². The third-order valence-corrected chi connectivity index (χ3v) is 4.14. The summed E-state index contributed by atoms with van der Waals surface area (Å²) in [5.74, 6) is 1.00. The van der Waals surface area contributed by atoms with Crippen LogP contribution in [-0.4, -0.2) is 21.7 Å². The zero-order chi connectivity index (χ0) is 15.6. The average Bonchev–Trinajstić information content (AvgIpc) is 2.87. The molecule has 2 aromatic rings. The molecule has 0 atom stereocenters. The minimum atomic E-state index is -0.343. The van der Waals surface area contributed by atoms with E-state index < -0.39 is 0 Å². The Morgan fingerprint density at radius 3 is 2.52 bits per heavy atom. The quantitative estimate of drug-likeness (QED) is 0.797. The molecule has 21 heavy (non-hydrogen) atoms. The van der Waals surface area contributed by atoms with Crippen molar-refractivity contribution in [2.75, 3.05) is 5.75 Å². The fraction of sp³-hybridized carbons (Fsp3) is 0.438. The van der Waals surface area contributed by atoms with E-state index in [1.54, 1.807) is 0 Å². The predicted molar refractivity (Wildman–Crippen MR) is 84.4 cm³/mol. The topological polar surface area (TPSA) is 56.0 Å². The van der Waals surface area contributed by atoms with Crippen LogP contribution in [0.15, 0.2) is 27.8 Å². The van der Waals surface area contributed by atoms with E-state index in [9.17, 15) is 4.79 Å². The minimum Gasteiger partial charge on any atom is -0.411 e. The number of hydrogen-bond donors (Lipinski definition) is 0. The molecule has 1 aromatic carbocycles. The minimum absolute atomic E-state index is 0.165. The summed E-state index contributed by atoms with van der Waals surface area (Å²) in [5, 5.41) is 8.47. The maximum Gasteiger partial charge on any atom is 0.277 e. The van der Waals surface area contributed by atoms with Crippen molar-refractivity contribution in [3.05, 3.63) is 29.3 Å². The molecule has 0 spiro atoms. The normalized spacial score (nSPS) is 11.7. The molecule has 0 fully saturated rings. The molecule has 0 unspecified atom stereocenters. The van der Waals surface area contributed by atoms with Crippen LogP contribution in [-0.2, 0) is 4.79 Å². The largest absolute Gasteiger partial charge is 0.411 e. The van der Waals surface area contributed by atoms with Crippen LogP contribution in [0, 0.1) is 19.3 Å². The van der Waals surface area contributed by atoms with Crippen LogP contribution >= 0.6 is 11.8 Å². The maximum absolute atomic E-state index is 11.9. The van der Waals surface area contributed by atoms with Gasteiger partial charge in [0.05, 0.1) is 5.75 Å². The van der Waals surface area contributed by atoms with Crippen molar-refractivity contribution in [2.24, 2.45) is 5.41 Å². The van der Waals surface area contributed by atoms with Gasteiger partial charge in [-0.15, -0.1) is 10.2 Å². The van der Waals surface area contributed by atoms with Crippen molar-refractivity contribution in [1.29, 1.82) is 0 Å². The number of ketones is 1. The lowest BCUT2D eigenvalue weighted by molar-refractivity contribution is -0.123. The summed E-state index contributed by atoms with van der Waals surface area (Å²) in [4.78, 5) is 11.9. The Labute approximate surface area is 129 Å². The SMILES string of the molecule is Cc1ccc(-c2nnc(SCC(=O)C(C)(C)C)o2)cc1C. The molecular formula is C16H20N2O2S. The Kier molecular flexibility index (Phi) is 4.52. The second-order valence-electron chi connectivity index (χ2n) is 6.13. The van der Waals surface area contributed by atoms with Gasteiger partial charge in [-0.25, -0.2) is 0 Å². The monoisotopic (exact) mass is 304 g/mol. The predicted octanol–water partition coefficient (Wildman–Crippen LogP) is 4.06. The van der Waals surface area contributed by atoms with Gasteiger partial charge in [0.1, 0.15) is 5.78 Å². The maximum atomic E-state index is 11.9. The summed E-state index contributed by atoms with van der Waals surface area (Å²) in [6, 6.07) is 6.02. The molecule has 4 nitrogen and oxygen atoms in total. The highest BCUT2D eigenvalue weighted by Gasteiger charge is 2.22. The van der Waals surface area contributed by atoms with Gasteiger partial charge in [0.15, 0.2) is 0 Å². The number of hydrogen-bond acceptors (Lipinski definition) is 5. The smallest absolute Gasteiger partial charge is 0.277 e. The van der Waals surface area contributed by atoms with Crippen LogP contribution in [0.4, 0.5) is 0 Å². The van der Waals surface area contributed by atoms with Crippen LogP contribution in [0.25, 0.3) is 11.5 Å². The van der Waals surface area contributed by atoms with Crippen molar-refractivity contribution in [3.8, 4) is 11.5 Å². The summed E-state index contributed by atoms with van der Waals surface area (Å²) in [7, 11) is 0. The lowest BCUT2D eigenvalue weighted by Crippen LogP contribution is -2.21. The van der Waals surface area contributed by atoms with Crippen molar-refractivity contribution < 1.29 is 9.21 Å². The number of aromatic nitrogens is 2. The Balaban J connectivity index is 2.08. The highest BCUT2D eigenvalue weighted by atomic mass is 32.2. The molecule has 0 radical (unpaired) electrons. The lowest BCUT2D eigenvalue weighted by atomic mass is 9.92. The van der Waals surface area contributed by atoms with Gasteiger partial charge in [-0.05, 0) is 37.1 Å². The molecule has 0 aliphatic carbocycles. The number of Topliss-reactive ketones (excluding diaryl/α,β-unsaturated/α-hetero) is 1. The van der Waals surface area contributed by atoms with Gasteiger partial charge in [0, 0.05) is 11.0 Å². The number of aryl methyl sites for hydroxylation is 2.